The molecule has 0 aromatic heterocycles. The lowest BCUT2D eigenvalue weighted by Gasteiger charge is -2.11. The van der Waals surface area contributed by atoms with Crippen LogP contribution < -0.4 is 0 Å². The molecule has 0 aliphatic carbocycles. The Hall–Kier alpha value is -1.11. The highest BCUT2D eigenvalue weighted by Gasteiger charge is 2.08. The lowest BCUT2D eigenvalue weighted by molar-refractivity contribution is -0.108. The van der Waals surface area contributed by atoms with Gasteiger partial charge in [0.05, 0.1) is 0 Å². The van der Waals surface area contributed by atoms with Gasteiger partial charge in [0.1, 0.15) is 6.29 Å². The van der Waals surface area contributed by atoms with Crippen LogP contribution in [-0.2, 0) is 11.2 Å². The van der Waals surface area contributed by atoms with Crippen LogP contribution in [0.15, 0.2) is 18.2 Å². The molecule has 0 fully saturated rings. The van der Waals surface area contributed by atoms with Crippen molar-refractivity contribution in [3.05, 3.63) is 34.9 Å². The SMILES string of the molecule is CCc1ccc(C)cc1C(C)C=O. The normalized spacial score (nSPS) is 12.5. The van der Waals surface area contributed by atoms with Crippen molar-refractivity contribution in [3.63, 3.8) is 0 Å². The molecule has 0 aliphatic rings. The topological polar surface area (TPSA) is 17.1 Å². The van der Waals surface area contributed by atoms with Gasteiger partial charge in [0.2, 0.25) is 0 Å². The first-order valence-corrected chi connectivity index (χ1v) is 4.73. The van der Waals surface area contributed by atoms with E-state index in [2.05, 4.69) is 32.0 Å². The van der Waals surface area contributed by atoms with Crippen LogP contribution in [0.2, 0.25) is 0 Å². The molecule has 1 unspecified atom stereocenters. The molecule has 1 aromatic rings. The van der Waals surface area contributed by atoms with Gasteiger partial charge in [0.25, 0.3) is 0 Å². The Kier molecular flexibility index (Phi) is 3.24. The fourth-order valence-electron chi connectivity index (χ4n) is 1.53. The molecule has 0 radical (unpaired) electrons. The maximum Gasteiger partial charge on any atom is 0.127 e. The highest BCUT2D eigenvalue weighted by Crippen LogP contribution is 2.20. The maximum atomic E-state index is 10.7. The Bertz CT molecular complexity index is 302. The monoisotopic (exact) mass is 176 g/mol. The number of rotatable bonds is 3. The molecular formula is C12H16O. The second kappa shape index (κ2) is 4.22. The highest BCUT2D eigenvalue weighted by atomic mass is 16.1. The summed E-state index contributed by atoms with van der Waals surface area (Å²) in [6.07, 6.45) is 2.00. The van der Waals surface area contributed by atoms with E-state index in [1.54, 1.807) is 0 Å². The molecule has 0 saturated carbocycles. The van der Waals surface area contributed by atoms with E-state index in [1.165, 1.54) is 16.7 Å². The van der Waals surface area contributed by atoms with Crippen molar-refractivity contribution in [1.82, 2.24) is 0 Å². The van der Waals surface area contributed by atoms with Gasteiger partial charge in [-0.3, -0.25) is 0 Å². The van der Waals surface area contributed by atoms with Crippen molar-refractivity contribution in [2.75, 3.05) is 0 Å². The minimum absolute atomic E-state index is 0.0230. The molecule has 1 atom stereocenters. The summed E-state index contributed by atoms with van der Waals surface area (Å²) in [7, 11) is 0. The van der Waals surface area contributed by atoms with E-state index >= 15 is 0 Å². The summed E-state index contributed by atoms with van der Waals surface area (Å²) in [5, 5.41) is 0. The van der Waals surface area contributed by atoms with Gasteiger partial charge in [-0.05, 0) is 24.5 Å². The van der Waals surface area contributed by atoms with E-state index < -0.39 is 0 Å². The largest absolute Gasteiger partial charge is 0.303 e. The van der Waals surface area contributed by atoms with Gasteiger partial charge >= 0.3 is 0 Å². The number of carbonyl (C=O) groups excluding carboxylic acids is 1. The van der Waals surface area contributed by atoms with Gasteiger partial charge in [-0.2, -0.15) is 0 Å². The first-order valence-electron chi connectivity index (χ1n) is 4.73. The molecule has 0 bridgehead atoms. The molecule has 0 spiro atoms. The Morgan fingerprint density at radius 3 is 2.69 bits per heavy atom. The fourth-order valence-corrected chi connectivity index (χ4v) is 1.53. The summed E-state index contributed by atoms with van der Waals surface area (Å²) < 4.78 is 0. The third-order valence-corrected chi connectivity index (χ3v) is 2.38. The van der Waals surface area contributed by atoms with Crippen LogP contribution in [0.25, 0.3) is 0 Å². The second-order valence-corrected chi connectivity index (χ2v) is 3.48. The average Bonchev–Trinajstić information content (AvgIpc) is 2.16. The van der Waals surface area contributed by atoms with Gasteiger partial charge in [0, 0.05) is 5.92 Å². The van der Waals surface area contributed by atoms with Crippen LogP contribution in [-0.4, -0.2) is 6.29 Å². The zero-order chi connectivity index (χ0) is 9.84. The minimum Gasteiger partial charge on any atom is -0.303 e. The molecule has 0 amide bonds. The van der Waals surface area contributed by atoms with Crippen LogP contribution in [0.1, 0.15) is 36.5 Å². The summed E-state index contributed by atoms with van der Waals surface area (Å²) in [6.45, 7) is 6.12. The molecule has 0 aliphatic heterocycles. The second-order valence-electron chi connectivity index (χ2n) is 3.48. The van der Waals surface area contributed by atoms with Crippen LogP contribution in [0.4, 0.5) is 0 Å². The third kappa shape index (κ3) is 2.18. The van der Waals surface area contributed by atoms with Crippen molar-refractivity contribution in [1.29, 1.82) is 0 Å². The highest BCUT2D eigenvalue weighted by molar-refractivity contribution is 5.62. The summed E-state index contributed by atoms with van der Waals surface area (Å²) >= 11 is 0. The van der Waals surface area contributed by atoms with E-state index in [-0.39, 0.29) is 5.92 Å². The first-order chi connectivity index (χ1) is 6.19. The minimum atomic E-state index is 0.0230. The fraction of sp³-hybridized carbons (Fsp3) is 0.417. The number of aldehydes is 1. The molecule has 13 heavy (non-hydrogen) atoms. The molecule has 1 rings (SSSR count). The number of hydrogen-bond donors (Lipinski definition) is 0. The van der Waals surface area contributed by atoms with Crippen LogP contribution >= 0.6 is 0 Å². The third-order valence-electron chi connectivity index (χ3n) is 2.38. The Morgan fingerprint density at radius 2 is 2.15 bits per heavy atom. The quantitative estimate of drug-likeness (QED) is 0.647. The maximum absolute atomic E-state index is 10.7. The zero-order valence-electron chi connectivity index (χ0n) is 8.50. The number of aryl methyl sites for hydroxylation is 2. The number of carbonyl (C=O) groups is 1. The molecule has 70 valence electrons. The van der Waals surface area contributed by atoms with Gasteiger partial charge in [-0.1, -0.05) is 37.6 Å². The Morgan fingerprint density at radius 1 is 1.46 bits per heavy atom. The number of benzene rings is 1. The zero-order valence-corrected chi connectivity index (χ0v) is 8.50. The van der Waals surface area contributed by atoms with Crippen molar-refractivity contribution in [2.24, 2.45) is 0 Å². The van der Waals surface area contributed by atoms with E-state index in [9.17, 15) is 4.79 Å². The standard InChI is InChI=1S/C12H16O/c1-4-11-6-5-9(2)7-12(11)10(3)8-13/h5-8,10H,4H2,1-3H3. The predicted molar refractivity (Wildman–Crippen MR) is 55.0 cm³/mol. The molecule has 0 heterocycles. The first kappa shape index (κ1) is 9.97. The molecule has 1 heteroatoms. The molecular weight excluding hydrogens is 160 g/mol. The van der Waals surface area contributed by atoms with E-state index in [1.807, 2.05) is 6.92 Å². The molecule has 1 aromatic carbocycles. The van der Waals surface area contributed by atoms with Crippen LogP contribution in [0, 0.1) is 6.92 Å². The predicted octanol–water partition coefficient (Wildman–Crippen LogP) is 2.86. The summed E-state index contributed by atoms with van der Waals surface area (Å²) in [6, 6.07) is 6.32. The summed E-state index contributed by atoms with van der Waals surface area (Å²) in [5.74, 6) is 0.0230. The van der Waals surface area contributed by atoms with Gasteiger partial charge in [-0.15, -0.1) is 0 Å². The van der Waals surface area contributed by atoms with Crippen molar-refractivity contribution < 1.29 is 4.79 Å². The Balaban J connectivity index is 3.14. The van der Waals surface area contributed by atoms with Gasteiger partial charge in [-0.25, -0.2) is 0 Å². The van der Waals surface area contributed by atoms with Crippen molar-refractivity contribution in [2.45, 2.75) is 33.1 Å². The van der Waals surface area contributed by atoms with Crippen LogP contribution in [0.3, 0.4) is 0 Å². The van der Waals surface area contributed by atoms with Gasteiger partial charge in [0.15, 0.2) is 0 Å². The lowest BCUT2D eigenvalue weighted by Crippen LogP contribution is -2.00. The molecule has 0 saturated heterocycles. The molecule has 0 N–H and O–H groups in total. The smallest absolute Gasteiger partial charge is 0.127 e. The van der Waals surface area contributed by atoms with E-state index in [0.29, 0.717) is 0 Å². The number of hydrogen-bond acceptors (Lipinski definition) is 1. The molecule has 1 nitrogen and oxygen atoms in total. The van der Waals surface area contributed by atoms with E-state index in [4.69, 9.17) is 0 Å². The summed E-state index contributed by atoms with van der Waals surface area (Å²) in [5.41, 5.74) is 3.68. The average molecular weight is 176 g/mol. The van der Waals surface area contributed by atoms with Crippen molar-refractivity contribution in [3.8, 4) is 0 Å². The van der Waals surface area contributed by atoms with Crippen LogP contribution in [0.5, 0.6) is 0 Å². The Labute approximate surface area is 79.8 Å². The van der Waals surface area contributed by atoms with Crippen molar-refractivity contribution >= 4 is 6.29 Å². The van der Waals surface area contributed by atoms with E-state index in [0.717, 1.165) is 12.7 Å². The van der Waals surface area contributed by atoms with Gasteiger partial charge < -0.3 is 4.79 Å². The summed E-state index contributed by atoms with van der Waals surface area (Å²) in [4.78, 5) is 10.7. The lowest BCUT2D eigenvalue weighted by atomic mass is 9.94.